The molecule has 2 amide bonds. The number of benzene rings is 2. The lowest BCUT2D eigenvalue weighted by Crippen LogP contribution is -2.48. The van der Waals surface area contributed by atoms with E-state index < -0.39 is 11.6 Å². The van der Waals surface area contributed by atoms with Crippen molar-refractivity contribution in [3.63, 3.8) is 0 Å². The van der Waals surface area contributed by atoms with Gasteiger partial charge in [-0.15, -0.1) is 0 Å². The van der Waals surface area contributed by atoms with Gasteiger partial charge >= 0.3 is 12.0 Å². The molecule has 0 saturated carbocycles. The van der Waals surface area contributed by atoms with Gasteiger partial charge in [-0.1, -0.05) is 54.9 Å². The van der Waals surface area contributed by atoms with Gasteiger partial charge < -0.3 is 52.9 Å². The van der Waals surface area contributed by atoms with Crippen molar-refractivity contribution in [2.24, 2.45) is 5.92 Å². The van der Waals surface area contributed by atoms with Crippen LogP contribution < -0.4 is 28.7 Å². The number of carbonyl (C=O) groups excluding carboxylic acids is 2. The monoisotopic (exact) mass is 1280 g/mol. The van der Waals surface area contributed by atoms with E-state index in [1.165, 1.54) is 36.7 Å². The third-order valence-corrected chi connectivity index (χ3v) is 17.2. The predicted octanol–water partition coefficient (Wildman–Crippen LogP) is 8.91. The number of rotatable bonds is 16. The van der Waals surface area contributed by atoms with Gasteiger partial charge in [0.15, 0.2) is 11.5 Å². The highest BCUT2D eigenvalue weighted by Crippen LogP contribution is 2.43. The van der Waals surface area contributed by atoms with Crippen LogP contribution in [0.25, 0.3) is 43.6 Å². The van der Waals surface area contributed by atoms with Crippen molar-refractivity contribution in [3.05, 3.63) is 95.0 Å². The maximum Gasteiger partial charge on any atom is 0.319 e. The van der Waals surface area contributed by atoms with E-state index in [2.05, 4.69) is 85.9 Å². The highest BCUT2D eigenvalue weighted by molar-refractivity contribution is 6.34. The Bertz CT molecular complexity index is 3950. The van der Waals surface area contributed by atoms with Crippen LogP contribution in [-0.4, -0.2) is 211 Å². The van der Waals surface area contributed by atoms with Crippen LogP contribution in [0.1, 0.15) is 34.1 Å². The predicted molar refractivity (Wildman–Crippen MR) is 333 cm³/mol. The van der Waals surface area contributed by atoms with E-state index in [1.54, 1.807) is 42.3 Å². The van der Waals surface area contributed by atoms with Crippen molar-refractivity contribution in [1.82, 2.24) is 69.9 Å². The molecule has 4 aliphatic heterocycles. The molecule has 29 heteroatoms. The molecule has 89 heavy (non-hydrogen) atoms. The average Bonchev–Trinajstić information content (AvgIpc) is 1.06. The number of pyridine rings is 2. The molecule has 2 aromatic carbocycles. The second kappa shape index (κ2) is 26.7. The highest BCUT2D eigenvalue weighted by Gasteiger charge is 2.40. The number of aromatic nitrogens is 10. The molecule has 8 aromatic rings. The molecule has 470 valence electrons. The Labute approximate surface area is 526 Å². The zero-order valence-corrected chi connectivity index (χ0v) is 52.2. The molecule has 4 fully saturated rings. The molecule has 0 aliphatic carbocycles. The van der Waals surface area contributed by atoms with Gasteiger partial charge in [-0.2, -0.15) is 35.1 Å². The van der Waals surface area contributed by atoms with Crippen LogP contribution in [0.4, 0.5) is 20.4 Å². The number of amides is 2. The Morgan fingerprint density at radius 3 is 1.73 bits per heavy atom. The van der Waals surface area contributed by atoms with Crippen LogP contribution >= 0.6 is 34.8 Å². The fourth-order valence-electron chi connectivity index (χ4n) is 11.4. The molecule has 10 heterocycles. The molecule has 2 N–H and O–H groups in total. The van der Waals surface area contributed by atoms with Crippen LogP contribution in [0.3, 0.4) is 0 Å². The summed E-state index contributed by atoms with van der Waals surface area (Å²) in [6, 6.07) is 6.21. The minimum absolute atomic E-state index is 0.00362. The summed E-state index contributed by atoms with van der Waals surface area (Å²) in [4.78, 5) is 64.8. The molecule has 0 bridgehead atoms. The van der Waals surface area contributed by atoms with Gasteiger partial charge in [0.2, 0.25) is 23.6 Å². The zero-order valence-electron chi connectivity index (χ0n) is 49.9. The van der Waals surface area contributed by atoms with E-state index in [9.17, 15) is 18.4 Å². The molecule has 6 aromatic heterocycles. The first-order chi connectivity index (χ1) is 42.8. The quantitative estimate of drug-likeness (QED) is 0.0677. The smallest absolute Gasteiger partial charge is 0.319 e. The Hall–Kier alpha value is -7.85. The number of nitrogens with zero attached hydrogens (tertiary/aromatic N) is 14. The molecular formula is C60H67Cl3F2N16O8. The van der Waals surface area contributed by atoms with Crippen LogP contribution in [0.15, 0.2) is 68.2 Å². The average molecular weight is 1280 g/mol. The number of piperidine rings is 1. The number of H-pyrrole nitrogens is 2. The van der Waals surface area contributed by atoms with Crippen molar-refractivity contribution >= 4 is 102 Å². The number of carbonyl (C=O) groups is 2. The van der Waals surface area contributed by atoms with Gasteiger partial charge in [0.25, 0.3) is 0 Å². The number of anilines is 2. The molecule has 4 atom stereocenters. The van der Waals surface area contributed by atoms with Crippen LogP contribution in [0, 0.1) is 17.6 Å². The van der Waals surface area contributed by atoms with Crippen molar-refractivity contribution < 1.29 is 46.8 Å². The molecule has 0 spiro atoms. The minimum Gasteiger partial charge on any atom is -0.460 e. The van der Waals surface area contributed by atoms with Crippen LogP contribution in [-0.2, 0) is 19.1 Å². The maximum atomic E-state index is 14.8. The van der Waals surface area contributed by atoms with E-state index >= 15 is 0 Å². The third kappa shape index (κ3) is 13.4. The molecule has 1 unspecified atom stereocenters. The van der Waals surface area contributed by atoms with Gasteiger partial charge in [0.05, 0.1) is 51.6 Å². The van der Waals surface area contributed by atoms with E-state index in [-0.39, 0.29) is 92.1 Å². The first-order valence-electron chi connectivity index (χ1n) is 29.0. The van der Waals surface area contributed by atoms with Crippen molar-refractivity contribution in [2.75, 3.05) is 116 Å². The number of nitrogens with one attached hydrogen (secondary N) is 2. The normalized spacial score (nSPS) is 19.4. The largest absolute Gasteiger partial charge is 0.460 e. The number of likely N-dealkylation sites (tertiary alicyclic amines) is 2. The number of piperazine rings is 2. The lowest BCUT2D eigenvalue weighted by atomic mass is 9.96. The first-order valence-corrected chi connectivity index (χ1v) is 30.1. The van der Waals surface area contributed by atoms with Crippen molar-refractivity contribution in [2.45, 2.75) is 58.0 Å². The number of aromatic amines is 2. The lowest BCUT2D eigenvalue weighted by Gasteiger charge is -2.37. The summed E-state index contributed by atoms with van der Waals surface area (Å²) in [6.45, 7) is 24.3. The lowest BCUT2D eigenvalue weighted by molar-refractivity contribution is -0.127. The number of hydrogen-bond acceptors (Lipinski definition) is 20. The van der Waals surface area contributed by atoms with E-state index in [0.717, 1.165) is 26.1 Å². The summed E-state index contributed by atoms with van der Waals surface area (Å²) in [7, 11) is 3.37. The second-order valence-electron chi connectivity index (χ2n) is 22.9. The first kappa shape index (κ1) is 62.7. The molecule has 4 saturated heterocycles. The molecule has 0 radical (unpaired) electrons. The number of hydrogen-bond donors (Lipinski definition) is 2. The topological polar surface area (TPSA) is 244 Å². The van der Waals surface area contributed by atoms with E-state index in [4.69, 9.17) is 83.2 Å². The number of halogens is 5. The Kier molecular flexibility index (Phi) is 18.8. The Balaban J connectivity index is 0.000000184. The van der Waals surface area contributed by atoms with Gasteiger partial charge in [-0.05, 0) is 51.5 Å². The molecular weight excluding hydrogens is 1220 g/mol. The highest BCUT2D eigenvalue weighted by atomic mass is 35.5. The van der Waals surface area contributed by atoms with Crippen molar-refractivity contribution in [3.8, 4) is 35.3 Å². The third-order valence-electron chi connectivity index (χ3n) is 16.3. The molecule has 12 rings (SSSR count). The number of methoxy groups -OCH3 is 2. The summed E-state index contributed by atoms with van der Waals surface area (Å²) in [5, 5.41) is 15.3. The maximum absolute atomic E-state index is 14.8. The van der Waals surface area contributed by atoms with Gasteiger partial charge in [0.1, 0.15) is 67.8 Å². The van der Waals surface area contributed by atoms with Gasteiger partial charge in [-0.25, -0.2) is 13.8 Å². The summed E-state index contributed by atoms with van der Waals surface area (Å²) in [5.41, 5.74) is 1.40. The SMILES string of the molecule is C=CC(=O)N1CCN(c2nc(OC3CCN(CCOC)C[C@H]3C)nc3c(Oc4c(Cl)c(F)cc5[nH]ncc45)nc(Cl)cc23)CC1.C=CC(=O)N1CCN(c2nc(O[C@@H]3CN(C(C)(C)C)C[C@H]3OC)nc3c(Oc4c(Cl)c(F)cc5[nH]ncc45)nccc23)CC1. The summed E-state index contributed by atoms with van der Waals surface area (Å²) < 4.78 is 65.8. The van der Waals surface area contributed by atoms with Crippen LogP contribution in [0.5, 0.6) is 35.3 Å². The molecule has 4 aliphatic rings. The molecule has 24 nitrogen and oxygen atoms in total. The zero-order chi connectivity index (χ0) is 62.8. The fourth-order valence-corrected chi connectivity index (χ4v) is 12.0. The van der Waals surface area contributed by atoms with Crippen LogP contribution in [0.2, 0.25) is 15.2 Å². The Morgan fingerprint density at radius 1 is 0.674 bits per heavy atom. The summed E-state index contributed by atoms with van der Waals surface area (Å²) in [5.74, 6) is -0.0650. The minimum atomic E-state index is -0.688. The standard InChI is InChI=1S/C30H33Cl2FN8O4.C30H34ClFN8O4/c1-4-24(42)40-7-9-41(10-8-40)28-18-13-23(31)35-29(45-27-19-15-34-38-21(19)14-20(33)25(27)32)26(18)36-30(37-28)44-22-5-6-39(11-12-43-3)16-17(22)2;1-6-23(41)38-9-11-39(12-10-38)27-17-7-8-33-28(44-26-18-14-34-37-20(18)13-19(32)24(26)31)25(17)35-29(36-27)43-22-16-40(30(2,3)4)15-21(22)42-5/h4,13-15,17,22H,1,5-12,16H2,2-3H3,(H,34,38);6-8,13-14,21-22H,1,9-12,15-16H2,2-5H3,(H,34,37)/t17-,22?;21-,22-/m11/s1. The van der Waals surface area contributed by atoms with Crippen molar-refractivity contribution in [1.29, 1.82) is 0 Å². The fraction of sp³-hybridized carbons (Fsp3) is 0.433. The Morgan fingerprint density at radius 2 is 1.20 bits per heavy atom. The van der Waals surface area contributed by atoms with E-state index in [0.29, 0.717) is 127 Å². The second-order valence-corrected chi connectivity index (χ2v) is 24.1. The summed E-state index contributed by atoms with van der Waals surface area (Å²) >= 11 is 19.3. The number of fused-ring (bicyclic) bond motifs is 4. The number of ether oxygens (including phenoxy) is 6. The van der Waals surface area contributed by atoms with Gasteiger partial charge in [-0.3, -0.25) is 24.7 Å². The van der Waals surface area contributed by atoms with Gasteiger partial charge in [0, 0.05) is 129 Å². The van der Waals surface area contributed by atoms with E-state index in [1.807, 2.05) is 4.90 Å². The summed E-state index contributed by atoms with van der Waals surface area (Å²) in [6.07, 6.45) is 7.31.